The summed E-state index contributed by atoms with van der Waals surface area (Å²) in [6.45, 7) is 4.84. The molecule has 0 N–H and O–H groups in total. The van der Waals surface area contributed by atoms with E-state index in [-0.39, 0.29) is 23.7 Å². The van der Waals surface area contributed by atoms with E-state index in [4.69, 9.17) is 23.7 Å². The van der Waals surface area contributed by atoms with Gasteiger partial charge in [-0.15, -0.1) is 0 Å². The van der Waals surface area contributed by atoms with E-state index in [0.29, 0.717) is 0 Å². The van der Waals surface area contributed by atoms with Crippen molar-refractivity contribution in [2.75, 3.05) is 13.7 Å². The Morgan fingerprint density at radius 3 is 2.06 bits per heavy atom. The van der Waals surface area contributed by atoms with E-state index in [2.05, 4.69) is 4.99 Å². The highest BCUT2D eigenvalue weighted by atomic mass is 32.2. The minimum Gasteiger partial charge on any atom is -0.463 e. The van der Waals surface area contributed by atoms with Gasteiger partial charge in [0.15, 0.2) is 17.3 Å². The monoisotopic (exact) mass is 487 g/mol. The summed E-state index contributed by atoms with van der Waals surface area (Å²) in [6, 6.07) is -0.805. The van der Waals surface area contributed by atoms with E-state index in [9.17, 15) is 19.2 Å². The van der Waals surface area contributed by atoms with Crippen LogP contribution in [0.2, 0.25) is 0 Å². The van der Waals surface area contributed by atoms with E-state index in [1.54, 1.807) is 13.3 Å². The molecule has 0 aromatic carbocycles. The SMILES string of the molecule is COC1CCC(C=N[C@@H]2[C@@H](OC(C)=O)[C@H](OC(C)=O)[C@H](COC(C)=O)O[C@H]2SC(C)=O)CC1. The van der Waals surface area contributed by atoms with Crippen molar-refractivity contribution in [1.29, 1.82) is 0 Å². The summed E-state index contributed by atoms with van der Waals surface area (Å²) in [5.74, 6) is -1.57. The maximum atomic E-state index is 11.9. The number of carbonyl (C=O) groups is 4. The van der Waals surface area contributed by atoms with Crippen molar-refractivity contribution in [2.45, 2.75) is 89.3 Å². The Bertz CT molecular complexity index is 735. The molecule has 5 atom stereocenters. The van der Waals surface area contributed by atoms with Gasteiger partial charge in [0.2, 0.25) is 0 Å². The first kappa shape index (κ1) is 27.3. The standard InChI is InChI=1S/C22H33NO9S/c1-12(24)29-11-18-20(30-13(2)25)21(31-14(3)26)19(22(32-18)33-15(4)27)23-10-16-6-8-17(28-5)9-7-16/h10,16-22H,6-9,11H2,1-5H3/t16?,17?,18-,19+,20+,21+,22-/m0/s1. The fourth-order valence-corrected chi connectivity index (χ4v) is 4.89. The minimum atomic E-state index is -1.07. The van der Waals surface area contributed by atoms with Crippen LogP contribution in [0.15, 0.2) is 4.99 Å². The van der Waals surface area contributed by atoms with Gasteiger partial charge in [-0.05, 0) is 31.6 Å². The molecule has 0 unspecified atom stereocenters. The molecule has 186 valence electrons. The van der Waals surface area contributed by atoms with Crippen LogP contribution in [-0.2, 0) is 42.9 Å². The van der Waals surface area contributed by atoms with Gasteiger partial charge in [0.25, 0.3) is 0 Å². The average Bonchev–Trinajstić information content (AvgIpc) is 2.73. The Morgan fingerprint density at radius 2 is 1.55 bits per heavy atom. The molecule has 0 spiro atoms. The lowest BCUT2D eigenvalue weighted by molar-refractivity contribution is -0.208. The lowest BCUT2D eigenvalue weighted by Crippen LogP contribution is -2.60. The van der Waals surface area contributed by atoms with Gasteiger partial charge < -0.3 is 23.7 Å². The molecule has 2 aliphatic rings. The molecule has 11 heteroatoms. The molecule has 33 heavy (non-hydrogen) atoms. The summed E-state index contributed by atoms with van der Waals surface area (Å²) in [7, 11) is 1.70. The molecule has 0 amide bonds. The molecule has 1 aliphatic heterocycles. The summed E-state index contributed by atoms with van der Waals surface area (Å²) in [6.07, 6.45) is 2.61. The zero-order valence-electron chi connectivity index (χ0n) is 19.7. The molecule has 1 heterocycles. The molecule has 2 fully saturated rings. The quantitative estimate of drug-likeness (QED) is 0.285. The zero-order chi connectivity index (χ0) is 24.5. The molecule has 1 saturated carbocycles. The van der Waals surface area contributed by atoms with Crippen LogP contribution in [0.4, 0.5) is 0 Å². The smallest absolute Gasteiger partial charge is 0.303 e. The number of hydrogen-bond acceptors (Lipinski definition) is 11. The van der Waals surface area contributed by atoms with Crippen LogP contribution in [-0.4, -0.2) is 78.8 Å². The predicted octanol–water partition coefficient (Wildman–Crippen LogP) is 2.06. The Morgan fingerprint density at radius 1 is 0.939 bits per heavy atom. The van der Waals surface area contributed by atoms with Crippen LogP contribution in [0.3, 0.4) is 0 Å². The number of nitrogens with zero attached hydrogens (tertiary/aromatic N) is 1. The van der Waals surface area contributed by atoms with Crippen molar-refractivity contribution in [3.63, 3.8) is 0 Å². The molecule has 0 radical (unpaired) electrons. The second-order valence-corrected chi connectivity index (χ2v) is 9.44. The maximum absolute atomic E-state index is 11.9. The molecule has 0 aromatic rings. The van der Waals surface area contributed by atoms with Gasteiger partial charge in [0, 0.05) is 41.0 Å². The van der Waals surface area contributed by atoms with E-state index >= 15 is 0 Å². The van der Waals surface area contributed by atoms with Gasteiger partial charge in [-0.3, -0.25) is 24.2 Å². The molecule has 10 nitrogen and oxygen atoms in total. The first-order valence-electron chi connectivity index (χ1n) is 11.0. The van der Waals surface area contributed by atoms with E-state index in [1.165, 1.54) is 27.7 Å². The number of aliphatic imine (C=N–C) groups is 1. The molecule has 0 aromatic heterocycles. The van der Waals surface area contributed by atoms with Crippen molar-refractivity contribution in [2.24, 2.45) is 10.9 Å². The summed E-state index contributed by atoms with van der Waals surface area (Å²) >= 11 is 0.897. The van der Waals surface area contributed by atoms with Crippen LogP contribution >= 0.6 is 11.8 Å². The molecule has 2 rings (SSSR count). The number of methoxy groups -OCH3 is 1. The van der Waals surface area contributed by atoms with Crippen LogP contribution in [0, 0.1) is 5.92 Å². The summed E-state index contributed by atoms with van der Waals surface area (Å²) < 4.78 is 27.5. The van der Waals surface area contributed by atoms with Crippen molar-refractivity contribution in [3.05, 3.63) is 0 Å². The third-order valence-corrected chi connectivity index (χ3v) is 6.43. The van der Waals surface area contributed by atoms with Crippen molar-refractivity contribution >= 4 is 41.0 Å². The Kier molecular flexibility index (Phi) is 10.8. The number of ether oxygens (including phenoxy) is 5. The van der Waals surface area contributed by atoms with Crippen molar-refractivity contribution < 1.29 is 42.9 Å². The number of carbonyl (C=O) groups excluding carboxylic acids is 4. The van der Waals surface area contributed by atoms with Gasteiger partial charge in [-0.2, -0.15) is 0 Å². The third kappa shape index (κ3) is 8.71. The van der Waals surface area contributed by atoms with Crippen LogP contribution in [0.5, 0.6) is 0 Å². The average molecular weight is 488 g/mol. The maximum Gasteiger partial charge on any atom is 0.303 e. The van der Waals surface area contributed by atoms with Crippen LogP contribution in [0.25, 0.3) is 0 Å². The Hall–Kier alpha value is -1.98. The number of thioether (sulfide) groups is 1. The lowest BCUT2D eigenvalue weighted by Gasteiger charge is -2.43. The van der Waals surface area contributed by atoms with E-state index < -0.39 is 47.7 Å². The van der Waals surface area contributed by atoms with Crippen molar-refractivity contribution in [1.82, 2.24) is 0 Å². The highest BCUT2D eigenvalue weighted by Crippen LogP contribution is 2.35. The van der Waals surface area contributed by atoms with Gasteiger partial charge in [-0.25, -0.2) is 0 Å². The van der Waals surface area contributed by atoms with E-state index in [0.717, 1.165) is 37.4 Å². The number of rotatable bonds is 8. The zero-order valence-corrected chi connectivity index (χ0v) is 20.5. The Labute approximate surface area is 198 Å². The normalized spacial score (nSPS) is 32.2. The van der Waals surface area contributed by atoms with Gasteiger partial charge >= 0.3 is 17.9 Å². The van der Waals surface area contributed by atoms with E-state index in [1.807, 2.05) is 0 Å². The Balaban J connectivity index is 2.34. The first-order valence-corrected chi connectivity index (χ1v) is 11.8. The molecule has 1 aliphatic carbocycles. The molecular weight excluding hydrogens is 454 g/mol. The third-order valence-electron chi connectivity index (χ3n) is 5.47. The van der Waals surface area contributed by atoms with Gasteiger partial charge in [0.1, 0.15) is 24.2 Å². The molecule has 1 saturated heterocycles. The largest absolute Gasteiger partial charge is 0.463 e. The summed E-state index contributed by atoms with van der Waals surface area (Å²) in [4.78, 5) is 51.7. The minimum absolute atomic E-state index is 0.198. The van der Waals surface area contributed by atoms with Crippen LogP contribution < -0.4 is 0 Å². The molecule has 0 bridgehead atoms. The fourth-order valence-electron chi connectivity index (χ4n) is 4.00. The highest BCUT2D eigenvalue weighted by molar-refractivity contribution is 8.14. The highest BCUT2D eigenvalue weighted by Gasteiger charge is 2.51. The lowest BCUT2D eigenvalue weighted by atomic mass is 9.88. The topological polar surface area (TPSA) is 127 Å². The number of esters is 3. The van der Waals surface area contributed by atoms with Crippen LogP contribution in [0.1, 0.15) is 53.4 Å². The van der Waals surface area contributed by atoms with Gasteiger partial charge in [-0.1, -0.05) is 11.8 Å². The first-order chi connectivity index (χ1) is 15.6. The van der Waals surface area contributed by atoms with Crippen molar-refractivity contribution in [3.8, 4) is 0 Å². The van der Waals surface area contributed by atoms with Gasteiger partial charge in [0.05, 0.1) is 6.10 Å². The molecular formula is C22H33NO9S. The fraction of sp³-hybridized carbons (Fsp3) is 0.773. The second kappa shape index (κ2) is 13.0. The second-order valence-electron chi connectivity index (χ2n) is 8.16. The summed E-state index contributed by atoms with van der Waals surface area (Å²) in [5, 5.41) is -0.223. The summed E-state index contributed by atoms with van der Waals surface area (Å²) in [5.41, 5.74) is -0.828. The predicted molar refractivity (Wildman–Crippen MR) is 120 cm³/mol. The number of hydrogen-bond donors (Lipinski definition) is 0.